The lowest BCUT2D eigenvalue weighted by Crippen LogP contribution is -2.41. The molecular formula is C28H39B3BrF6N2O8. The molecule has 0 aromatic carbocycles. The minimum Gasteiger partial charge on any atom is -0.536 e. The maximum Gasteiger partial charge on any atom is 0.569 e. The zero-order valence-corrected chi connectivity index (χ0v) is 29.7. The van der Waals surface area contributed by atoms with Crippen molar-refractivity contribution >= 4 is 37.6 Å². The van der Waals surface area contributed by atoms with E-state index in [9.17, 15) is 36.6 Å². The lowest BCUT2D eigenvalue weighted by Gasteiger charge is -2.32. The van der Waals surface area contributed by atoms with Gasteiger partial charge < -0.3 is 38.5 Å². The molecule has 2 aliphatic rings. The van der Waals surface area contributed by atoms with Crippen molar-refractivity contribution in [3.63, 3.8) is 0 Å². The summed E-state index contributed by atoms with van der Waals surface area (Å²) in [5.41, 5.74) is -8.09. The molecule has 0 saturated carbocycles. The van der Waals surface area contributed by atoms with Gasteiger partial charge in [0.1, 0.15) is 5.75 Å². The summed E-state index contributed by atoms with van der Waals surface area (Å²) in [7, 11) is -0.643. The second-order valence-electron chi connectivity index (χ2n) is 13.4. The summed E-state index contributed by atoms with van der Waals surface area (Å²) < 4.78 is 103. The zero-order chi connectivity index (χ0) is 37.4. The minimum absolute atomic E-state index is 0.107. The van der Waals surface area contributed by atoms with Crippen LogP contribution in [0.3, 0.4) is 0 Å². The van der Waals surface area contributed by atoms with E-state index < -0.39 is 43.1 Å². The van der Waals surface area contributed by atoms with Gasteiger partial charge in [-0.05, 0) is 97.3 Å². The molecule has 2 atom stereocenters. The Morgan fingerprint density at radius 3 is 1.31 bits per heavy atom. The first-order chi connectivity index (χ1) is 21.4. The van der Waals surface area contributed by atoms with Gasteiger partial charge in [0.15, 0.2) is 11.2 Å². The molecule has 2 aromatic rings. The van der Waals surface area contributed by atoms with E-state index in [0.717, 1.165) is 24.7 Å². The van der Waals surface area contributed by atoms with Crippen LogP contribution in [0.5, 0.6) is 5.75 Å². The van der Waals surface area contributed by atoms with Crippen LogP contribution in [0, 0.1) is 0 Å². The molecule has 1 radical (unpaired) electrons. The van der Waals surface area contributed by atoms with Crippen LogP contribution in [0.25, 0.3) is 0 Å². The van der Waals surface area contributed by atoms with Crippen molar-refractivity contribution in [2.45, 2.75) is 115 Å². The molecule has 48 heavy (non-hydrogen) atoms. The van der Waals surface area contributed by atoms with E-state index in [2.05, 4.69) is 30.6 Å². The van der Waals surface area contributed by atoms with Gasteiger partial charge in [0.05, 0.1) is 28.6 Å². The maximum atomic E-state index is 12.5. The molecule has 10 nitrogen and oxygen atoms in total. The average Bonchev–Trinajstić information content (AvgIpc) is 3.28. The fourth-order valence-electron chi connectivity index (χ4n) is 3.82. The van der Waals surface area contributed by atoms with Crippen molar-refractivity contribution in [2.75, 3.05) is 0 Å². The highest BCUT2D eigenvalue weighted by molar-refractivity contribution is 9.10. The number of aromatic nitrogens is 2. The van der Waals surface area contributed by atoms with E-state index in [4.69, 9.17) is 23.6 Å². The molecule has 0 bridgehead atoms. The molecule has 0 spiro atoms. The Bertz CT molecular complexity index is 1330. The van der Waals surface area contributed by atoms with Crippen LogP contribution in [-0.2, 0) is 29.8 Å². The van der Waals surface area contributed by atoms with Gasteiger partial charge in [0, 0.05) is 34.2 Å². The largest absolute Gasteiger partial charge is 0.569 e. The van der Waals surface area contributed by atoms with E-state index in [1.54, 1.807) is 0 Å². The van der Waals surface area contributed by atoms with Gasteiger partial charge in [-0.25, -0.2) is 0 Å². The van der Waals surface area contributed by atoms with Crippen LogP contribution >= 0.6 is 15.9 Å². The number of hydrogen-bond acceptors (Lipinski definition) is 10. The fourth-order valence-corrected chi connectivity index (χ4v) is 4.18. The normalized spacial score (nSPS) is 21.9. The fraction of sp³-hybridized carbons (Fsp3) is 0.643. The lowest BCUT2D eigenvalue weighted by molar-refractivity contribution is -0.259. The van der Waals surface area contributed by atoms with Gasteiger partial charge in [0.2, 0.25) is 0 Å². The second kappa shape index (κ2) is 14.4. The first-order valence-electron chi connectivity index (χ1n) is 14.4. The van der Waals surface area contributed by atoms with Crippen LogP contribution < -0.4 is 4.65 Å². The molecule has 2 aromatic heterocycles. The average molecular weight is 758 g/mol. The van der Waals surface area contributed by atoms with E-state index in [1.807, 2.05) is 55.4 Å². The number of aliphatic hydroxyl groups is 2. The van der Waals surface area contributed by atoms with Gasteiger partial charge in [-0.15, -0.1) is 0 Å². The molecule has 2 unspecified atom stereocenters. The standard InChI is InChI=1S/C12H24B2O4.C8H8BF3NO3.C8H7BrF3NO/c1-9(2)10(3,4)16-13(15-9)14-17-11(5,6)12(7,8)18-14;1-7(14,8(10,11)12)5-2-6(16-9-15)4-13-3-5;1-7(14,8(10,11)12)5-2-6(9)4-13-3-5/h1-8H3;2-4,14-15H,1H3;2-4,14H,1H3. The SMILES string of the molecule is CC(O)(c1cncc(Br)c1)C(F)(F)F.CC(O)(c1cncc(O[B]O)c1)C(F)(F)F.CC1(C)OB(B2OC(C)(C)C(C)(C)O2)OC1(C)C. The number of nitrogens with zero attached hydrogens (tertiary/aromatic N) is 2. The molecule has 2 saturated heterocycles. The predicted octanol–water partition coefficient (Wildman–Crippen LogP) is 5.62. The van der Waals surface area contributed by atoms with Crippen molar-refractivity contribution in [1.29, 1.82) is 0 Å². The van der Waals surface area contributed by atoms with Crippen molar-refractivity contribution < 1.29 is 64.9 Å². The highest BCUT2D eigenvalue weighted by Crippen LogP contribution is 2.43. The Morgan fingerprint density at radius 1 is 0.667 bits per heavy atom. The van der Waals surface area contributed by atoms with Crippen molar-refractivity contribution in [1.82, 2.24) is 9.97 Å². The van der Waals surface area contributed by atoms with Gasteiger partial charge in [-0.3, -0.25) is 9.97 Å². The molecule has 4 rings (SSSR count). The monoisotopic (exact) mass is 757 g/mol. The first kappa shape index (κ1) is 42.2. The number of halogens is 7. The summed E-state index contributed by atoms with van der Waals surface area (Å²) in [4.78, 5) is 7.02. The zero-order valence-electron chi connectivity index (χ0n) is 28.1. The third-order valence-corrected chi connectivity index (χ3v) is 9.03. The number of hydrogen-bond donors (Lipinski definition) is 3. The van der Waals surface area contributed by atoms with E-state index in [-0.39, 0.29) is 33.7 Å². The van der Waals surface area contributed by atoms with E-state index in [1.165, 1.54) is 12.3 Å². The lowest BCUT2D eigenvalue weighted by atomic mass is 9.49. The highest BCUT2D eigenvalue weighted by atomic mass is 79.9. The van der Waals surface area contributed by atoms with Crippen LogP contribution in [0.4, 0.5) is 26.3 Å². The van der Waals surface area contributed by atoms with Gasteiger partial charge >= 0.3 is 34.1 Å². The summed E-state index contributed by atoms with van der Waals surface area (Å²) in [5, 5.41) is 26.9. The van der Waals surface area contributed by atoms with Crippen LogP contribution in [-0.4, -0.2) is 81.7 Å². The Balaban J connectivity index is 0.000000252. The van der Waals surface area contributed by atoms with Crippen LogP contribution in [0.15, 0.2) is 41.4 Å². The summed E-state index contributed by atoms with van der Waals surface area (Å²) in [6.45, 7) is 17.5. The number of alkyl halides is 6. The summed E-state index contributed by atoms with van der Waals surface area (Å²) >= 11 is 2.98. The number of pyridine rings is 2. The van der Waals surface area contributed by atoms with Crippen molar-refractivity contribution in [2.24, 2.45) is 0 Å². The summed E-state index contributed by atoms with van der Waals surface area (Å²) in [6, 6.07) is 2.12. The Morgan fingerprint density at radius 2 is 1.00 bits per heavy atom. The summed E-state index contributed by atoms with van der Waals surface area (Å²) in [6.07, 6.45) is -5.24. The molecule has 2 fully saturated rings. The quantitative estimate of drug-likeness (QED) is 0.261. The molecule has 2 aliphatic heterocycles. The topological polar surface area (TPSA) is 133 Å². The van der Waals surface area contributed by atoms with Crippen LogP contribution in [0.1, 0.15) is 80.4 Å². The van der Waals surface area contributed by atoms with Crippen LogP contribution in [0.2, 0.25) is 0 Å². The molecule has 20 heteroatoms. The Kier molecular flexibility index (Phi) is 12.6. The second-order valence-corrected chi connectivity index (χ2v) is 14.3. The third-order valence-electron chi connectivity index (χ3n) is 8.60. The smallest absolute Gasteiger partial charge is 0.536 e. The Hall–Kier alpha value is -1.93. The minimum atomic E-state index is -4.82. The predicted molar refractivity (Wildman–Crippen MR) is 168 cm³/mol. The van der Waals surface area contributed by atoms with E-state index >= 15 is 0 Å². The van der Waals surface area contributed by atoms with E-state index in [0.29, 0.717) is 26.0 Å². The van der Waals surface area contributed by atoms with Gasteiger partial charge in [0.25, 0.3) is 0 Å². The third kappa shape index (κ3) is 9.44. The molecule has 4 heterocycles. The molecular weight excluding hydrogens is 719 g/mol. The summed E-state index contributed by atoms with van der Waals surface area (Å²) in [5.74, 6) is -0.107. The van der Waals surface area contributed by atoms with Crippen molar-refractivity contribution in [3.8, 4) is 5.75 Å². The van der Waals surface area contributed by atoms with Gasteiger partial charge in [-0.2, -0.15) is 26.3 Å². The highest BCUT2D eigenvalue weighted by Gasteiger charge is 2.63. The molecule has 3 N–H and O–H groups in total. The maximum absolute atomic E-state index is 12.5. The molecule has 0 aliphatic carbocycles. The molecule has 0 amide bonds. The van der Waals surface area contributed by atoms with Crippen molar-refractivity contribution in [3.05, 3.63) is 52.5 Å². The molecule has 267 valence electrons. The van der Waals surface area contributed by atoms with Gasteiger partial charge in [-0.1, -0.05) is 0 Å². The Labute approximate surface area is 285 Å². The first-order valence-corrected chi connectivity index (χ1v) is 15.2. The number of rotatable bonds is 5.